The number of hydrogen-bond donors (Lipinski definition) is 1. The topological polar surface area (TPSA) is 72.8 Å². The molecule has 1 saturated heterocycles. The fraction of sp³-hybridized carbons (Fsp3) is 0.833. The highest BCUT2D eigenvalue weighted by molar-refractivity contribution is 5.92. The van der Waals surface area contributed by atoms with E-state index in [1.54, 1.807) is 6.08 Å². The first-order chi connectivity index (χ1) is 14.0. The summed E-state index contributed by atoms with van der Waals surface area (Å²) >= 11 is 0. The average molecular weight is 421 g/mol. The number of rotatable bonds is 2. The lowest BCUT2D eigenvalue weighted by Crippen LogP contribution is -2.61. The Hall–Kier alpha value is -1.11. The Morgan fingerprint density at radius 3 is 2.63 bits per heavy atom. The molecule has 5 aliphatic rings. The molecule has 0 radical (unpaired) electrons. The minimum atomic E-state index is -1.17. The van der Waals surface area contributed by atoms with Crippen LogP contribution in [0.3, 0.4) is 0 Å². The monoisotopic (exact) mass is 420 g/mol. The van der Waals surface area contributed by atoms with Gasteiger partial charge in [-0.15, -0.1) is 0 Å². The van der Waals surface area contributed by atoms with E-state index in [1.165, 1.54) is 0 Å². The Morgan fingerprint density at radius 2 is 1.93 bits per heavy atom. The smallest absolute Gasteiger partial charge is 0.193 e. The minimum Gasteiger partial charge on any atom is -0.388 e. The van der Waals surface area contributed by atoms with Crippen molar-refractivity contribution in [1.29, 1.82) is 0 Å². The van der Waals surface area contributed by atoms with E-state index in [1.807, 2.05) is 13.8 Å². The van der Waals surface area contributed by atoms with Crippen LogP contribution in [0.15, 0.2) is 11.6 Å². The molecule has 0 aromatic carbocycles. The molecule has 1 heterocycles. The summed E-state index contributed by atoms with van der Waals surface area (Å²) in [5, 5.41) is 9.82. The maximum atomic E-state index is 15.4. The molecule has 0 aromatic rings. The van der Waals surface area contributed by atoms with Crippen molar-refractivity contribution in [2.24, 2.45) is 28.6 Å². The average Bonchev–Trinajstić information content (AvgIpc) is 3.09. The Bertz CT molecular complexity index is 835. The molecule has 5 rings (SSSR count). The van der Waals surface area contributed by atoms with Gasteiger partial charge in [0.05, 0.1) is 6.10 Å². The van der Waals surface area contributed by atoms with Crippen molar-refractivity contribution in [1.82, 2.24) is 0 Å². The first-order valence-corrected chi connectivity index (χ1v) is 11.4. The summed E-state index contributed by atoms with van der Waals surface area (Å²) in [4.78, 5) is 25.1. The van der Waals surface area contributed by atoms with Gasteiger partial charge in [-0.3, -0.25) is 9.59 Å². The third kappa shape index (κ3) is 2.39. The van der Waals surface area contributed by atoms with E-state index in [-0.39, 0.29) is 34.7 Å². The first kappa shape index (κ1) is 20.8. The number of aliphatic hydroxyl groups excluding tert-OH is 1. The van der Waals surface area contributed by atoms with Crippen LogP contribution in [0.5, 0.6) is 0 Å². The van der Waals surface area contributed by atoms with Gasteiger partial charge in [0.15, 0.2) is 23.0 Å². The number of carbonyl (C=O) groups excluding carboxylic acids is 2. The van der Waals surface area contributed by atoms with Gasteiger partial charge in [0, 0.05) is 11.8 Å². The summed E-state index contributed by atoms with van der Waals surface area (Å²) in [7, 11) is 0. The quantitative estimate of drug-likeness (QED) is 0.740. The molecule has 3 saturated carbocycles. The number of aliphatic hydroxyl groups is 1. The largest absolute Gasteiger partial charge is 0.388 e. The fourth-order valence-corrected chi connectivity index (χ4v) is 8.28. The number of ketones is 2. The Morgan fingerprint density at radius 1 is 1.20 bits per heavy atom. The van der Waals surface area contributed by atoms with Crippen molar-refractivity contribution in [3.05, 3.63) is 11.6 Å². The summed E-state index contributed by atoms with van der Waals surface area (Å²) in [5.74, 6) is -0.683. The number of allylic oxidation sites excluding steroid dienone is 1. The van der Waals surface area contributed by atoms with E-state index in [0.29, 0.717) is 31.3 Å². The van der Waals surface area contributed by atoms with Crippen LogP contribution < -0.4 is 0 Å². The fourth-order valence-electron chi connectivity index (χ4n) is 8.28. The predicted octanol–water partition coefficient (Wildman–Crippen LogP) is 3.53. The SMILES string of the molecule is CC1(C)O[C@@H]2CC3C4C[C@H](F)C5=CC(=O)CC[C@]5(C)C4CC[C@]3(C)[C@]2(C(=O)CO)O1. The van der Waals surface area contributed by atoms with Crippen molar-refractivity contribution < 1.29 is 28.6 Å². The summed E-state index contributed by atoms with van der Waals surface area (Å²) in [6.07, 6.45) is 3.89. The van der Waals surface area contributed by atoms with E-state index in [2.05, 4.69) is 13.8 Å². The molecule has 0 amide bonds. The van der Waals surface area contributed by atoms with Crippen molar-refractivity contribution in [3.63, 3.8) is 0 Å². The van der Waals surface area contributed by atoms with Crippen LogP contribution in [0.1, 0.15) is 66.2 Å². The van der Waals surface area contributed by atoms with E-state index >= 15 is 4.39 Å². The van der Waals surface area contributed by atoms with Crippen LogP contribution in [-0.4, -0.2) is 46.9 Å². The molecule has 1 aliphatic heterocycles. The van der Waals surface area contributed by atoms with E-state index in [4.69, 9.17) is 9.47 Å². The third-order valence-corrected chi connectivity index (χ3v) is 9.49. The van der Waals surface area contributed by atoms with E-state index < -0.39 is 35.7 Å². The number of ether oxygens (including phenoxy) is 2. The molecule has 166 valence electrons. The maximum absolute atomic E-state index is 15.4. The van der Waals surface area contributed by atoms with Crippen LogP contribution in [0.25, 0.3) is 0 Å². The number of hydrogen-bond acceptors (Lipinski definition) is 5. The first-order valence-electron chi connectivity index (χ1n) is 11.4. The molecule has 4 fully saturated rings. The van der Waals surface area contributed by atoms with Gasteiger partial charge in [-0.1, -0.05) is 13.8 Å². The highest BCUT2D eigenvalue weighted by atomic mass is 19.1. The summed E-state index contributed by atoms with van der Waals surface area (Å²) < 4.78 is 28.0. The predicted molar refractivity (Wildman–Crippen MR) is 107 cm³/mol. The molecule has 1 N–H and O–H groups in total. The highest BCUT2D eigenvalue weighted by Crippen LogP contribution is 2.70. The van der Waals surface area contributed by atoms with Gasteiger partial charge in [0.1, 0.15) is 12.8 Å². The Kier molecular flexibility index (Phi) is 4.31. The zero-order chi connectivity index (χ0) is 21.7. The molecule has 6 heteroatoms. The number of halogens is 1. The molecule has 0 aromatic heterocycles. The van der Waals surface area contributed by atoms with Crippen molar-refractivity contribution in [2.45, 2.75) is 89.9 Å². The van der Waals surface area contributed by atoms with Gasteiger partial charge in [-0.05, 0) is 80.8 Å². The zero-order valence-electron chi connectivity index (χ0n) is 18.4. The Balaban J connectivity index is 1.57. The highest BCUT2D eigenvalue weighted by Gasteiger charge is 2.75. The normalized spacial score (nSPS) is 51.5. The molecule has 0 spiro atoms. The minimum absolute atomic E-state index is 0.0381. The lowest BCUT2D eigenvalue weighted by Gasteiger charge is -2.59. The van der Waals surface area contributed by atoms with Gasteiger partial charge in [-0.25, -0.2) is 4.39 Å². The van der Waals surface area contributed by atoms with Crippen LogP contribution >= 0.6 is 0 Å². The van der Waals surface area contributed by atoms with Gasteiger partial charge in [-0.2, -0.15) is 0 Å². The third-order valence-electron chi connectivity index (χ3n) is 9.49. The second kappa shape index (κ2) is 6.23. The van der Waals surface area contributed by atoms with Gasteiger partial charge >= 0.3 is 0 Å². The number of alkyl halides is 1. The van der Waals surface area contributed by atoms with Crippen LogP contribution in [0.4, 0.5) is 4.39 Å². The molecule has 8 atom stereocenters. The van der Waals surface area contributed by atoms with E-state index in [9.17, 15) is 14.7 Å². The van der Waals surface area contributed by atoms with Crippen molar-refractivity contribution in [3.8, 4) is 0 Å². The summed E-state index contributed by atoms with van der Waals surface area (Å²) in [6, 6.07) is 0. The molecule has 5 nitrogen and oxygen atoms in total. The summed E-state index contributed by atoms with van der Waals surface area (Å²) in [6.45, 7) is 7.29. The second-order valence-electron chi connectivity index (χ2n) is 11.2. The van der Waals surface area contributed by atoms with E-state index in [0.717, 1.165) is 12.8 Å². The van der Waals surface area contributed by atoms with Crippen LogP contribution in [0, 0.1) is 28.6 Å². The standard InChI is InChI=1S/C24H33FO5/c1-21(2)29-20-11-16-14-10-18(25)17-9-13(27)5-7-22(17,3)15(14)6-8-23(16,4)24(20,30-21)19(28)12-26/h9,14-16,18,20,26H,5-8,10-12H2,1-4H3/t14?,15?,16?,18-,20+,22+,23-,24+/m0/s1. The molecule has 4 aliphatic carbocycles. The van der Waals surface area contributed by atoms with Gasteiger partial charge in [0.2, 0.25) is 0 Å². The summed E-state index contributed by atoms with van der Waals surface area (Å²) in [5.41, 5.74) is -1.29. The molecular weight excluding hydrogens is 387 g/mol. The van der Waals surface area contributed by atoms with Crippen LogP contribution in [-0.2, 0) is 19.1 Å². The zero-order valence-corrected chi connectivity index (χ0v) is 18.4. The van der Waals surface area contributed by atoms with Crippen molar-refractivity contribution in [2.75, 3.05) is 6.61 Å². The van der Waals surface area contributed by atoms with Gasteiger partial charge in [0.25, 0.3) is 0 Å². The van der Waals surface area contributed by atoms with Crippen molar-refractivity contribution >= 4 is 11.6 Å². The lowest BCUT2D eigenvalue weighted by molar-refractivity contribution is -0.216. The maximum Gasteiger partial charge on any atom is 0.193 e. The molecule has 3 unspecified atom stereocenters. The number of fused-ring (bicyclic) bond motifs is 7. The molecule has 30 heavy (non-hydrogen) atoms. The number of carbonyl (C=O) groups is 2. The molecule has 0 bridgehead atoms. The molecular formula is C24H33FO5. The Labute approximate surface area is 177 Å². The van der Waals surface area contributed by atoms with Crippen LogP contribution in [0.2, 0.25) is 0 Å². The van der Waals surface area contributed by atoms with Gasteiger partial charge < -0.3 is 14.6 Å². The number of Topliss-reactive ketones (excluding diaryl/α,β-unsaturated/α-hetero) is 1. The lowest BCUT2D eigenvalue weighted by atomic mass is 9.46. The second-order valence-corrected chi connectivity index (χ2v) is 11.2.